The number of nitrogens with zero attached hydrogens (tertiary/aromatic N) is 2. The summed E-state index contributed by atoms with van der Waals surface area (Å²) < 4.78 is 32.2. The van der Waals surface area contributed by atoms with Gasteiger partial charge in [0.05, 0.1) is 22.7 Å². The molecule has 4 rings (SSSR count). The second-order valence-corrected chi connectivity index (χ2v) is 8.57. The minimum Gasteiger partial charge on any atom is -0.546 e. The van der Waals surface area contributed by atoms with Gasteiger partial charge < -0.3 is 9.84 Å². The van der Waals surface area contributed by atoms with Crippen molar-refractivity contribution >= 4 is 10.0 Å². The molecule has 2 heterocycles. The van der Waals surface area contributed by atoms with Crippen LogP contribution in [-0.2, 0) is 10.0 Å². The van der Waals surface area contributed by atoms with Crippen molar-refractivity contribution in [1.29, 1.82) is 0 Å². The number of pyridine rings is 1. The Hall–Kier alpha value is -2.74. The molecule has 1 aliphatic rings. The van der Waals surface area contributed by atoms with Crippen LogP contribution < -0.4 is 0 Å². The molecule has 3 aromatic rings. The van der Waals surface area contributed by atoms with Gasteiger partial charge in [-0.05, 0) is 30.7 Å². The summed E-state index contributed by atoms with van der Waals surface area (Å²) in [5, 5.41) is 10.1. The summed E-state index contributed by atoms with van der Waals surface area (Å²) in [5.74, 6) is 1.48. The van der Waals surface area contributed by atoms with Gasteiger partial charge in [-0.3, -0.25) is 4.98 Å². The number of sulfonamides is 1. The molecule has 1 aromatic heterocycles. The number of aliphatic hydroxyl groups is 1. The van der Waals surface area contributed by atoms with Gasteiger partial charge in [0, 0.05) is 37.0 Å². The normalized spacial score (nSPS) is 20.2. The Morgan fingerprint density at radius 3 is 2.29 bits per heavy atom. The molecule has 1 fully saturated rings. The summed E-state index contributed by atoms with van der Waals surface area (Å²) in [6, 6.07) is 20.8. The van der Waals surface area contributed by atoms with Gasteiger partial charge >= 0.3 is 0 Å². The number of para-hydroxylation sites is 1. The molecule has 144 valence electrons. The molecule has 0 aliphatic carbocycles. The van der Waals surface area contributed by atoms with Crippen LogP contribution in [0.5, 0.6) is 11.5 Å². The number of aliphatic hydroxyl groups excluding tert-OH is 1. The second kappa shape index (κ2) is 7.71. The first-order chi connectivity index (χ1) is 13.5. The summed E-state index contributed by atoms with van der Waals surface area (Å²) in [7, 11) is -3.77. The van der Waals surface area contributed by atoms with Crippen molar-refractivity contribution in [1.82, 2.24) is 9.29 Å². The highest BCUT2D eigenvalue weighted by atomic mass is 32.2. The van der Waals surface area contributed by atoms with E-state index >= 15 is 0 Å². The molecule has 2 N–H and O–H groups in total. The lowest BCUT2D eigenvalue weighted by molar-refractivity contribution is 0.188. The fraction of sp³-hybridized carbons (Fsp3) is 0.190. The van der Waals surface area contributed by atoms with E-state index in [1.807, 2.05) is 36.4 Å². The van der Waals surface area contributed by atoms with Crippen molar-refractivity contribution in [3.05, 3.63) is 84.7 Å². The molecule has 1 unspecified atom stereocenters. The number of hydrogen-bond acceptors (Lipinski definition) is 4. The Bertz CT molecular complexity index is 1030. The third-order valence-corrected chi connectivity index (χ3v) is 6.61. The van der Waals surface area contributed by atoms with Crippen molar-refractivity contribution in [3.8, 4) is 11.5 Å². The molecule has 1 saturated heterocycles. The van der Waals surface area contributed by atoms with E-state index in [1.165, 1.54) is 4.31 Å². The van der Waals surface area contributed by atoms with E-state index in [2.05, 4.69) is 9.72 Å². The summed E-state index contributed by atoms with van der Waals surface area (Å²) in [6.07, 6.45) is 1.25. The topological polar surface area (TPSA) is 83.3 Å². The Morgan fingerprint density at radius 2 is 1.61 bits per heavy atom. The van der Waals surface area contributed by atoms with E-state index in [0.717, 1.165) is 5.75 Å². The predicted molar refractivity (Wildman–Crippen MR) is 105 cm³/mol. The van der Waals surface area contributed by atoms with Gasteiger partial charge in [0.1, 0.15) is 0 Å². The molecule has 0 amide bonds. The molecule has 0 spiro atoms. The predicted octanol–water partition coefficient (Wildman–Crippen LogP) is 3.23. The standard InChI is InChI=1S/C21H20N2O4S/c24-16-14-21(20-8-4-5-13-22-20)23(15-16)28(25,26)19-11-9-18(10-12-19)27-17-6-2-1-3-7-17/h1-13,16,21,24H,14-15H2/p+1/t16-,21?/m1/s1. The summed E-state index contributed by atoms with van der Waals surface area (Å²) in [4.78, 5) is 4.46. The number of benzene rings is 2. The molecular formula is C21H21N2O4S+. The SMILES string of the molecule is O=S(=O)(c1ccc([OH+]c2ccccc2)cc1)N1C[C@H](O)CC1c1ccccn1. The highest BCUT2D eigenvalue weighted by molar-refractivity contribution is 7.89. The number of rotatable bonds is 5. The largest absolute Gasteiger partial charge is 0.546 e. The molecule has 28 heavy (non-hydrogen) atoms. The molecule has 2 atom stereocenters. The lowest BCUT2D eigenvalue weighted by atomic mass is 10.1. The number of hydrogen-bond donors (Lipinski definition) is 1. The Morgan fingerprint density at radius 1 is 0.929 bits per heavy atom. The van der Waals surface area contributed by atoms with E-state index in [4.69, 9.17) is 0 Å². The average Bonchev–Trinajstić information content (AvgIpc) is 3.13. The zero-order valence-electron chi connectivity index (χ0n) is 15.1. The van der Waals surface area contributed by atoms with Gasteiger partial charge in [0.2, 0.25) is 10.0 Å². The molecular weight excluding hydrogens is 376 g/mol. The van der Waals surface area contributed by atoms with Gasteiger partial charge in [-0.2, -0.15) is 4.31 Å². The minimum atomic E-state index is -3.77. The summed E-state index contributed by atoms with van der Waals surface area (Å²) in [5.41, 5.74) is 0.637. The zero-order chi connectivity index (χ0) is 19.6. The quantitative estimate of drug-likeness (QED) is 0.670. The average molecular weight is 397 g/mol. The van der Waals surface area contributed by atoms with Crippen molar-refractivity contribution in [2.45, 2.75) is 23.5 Å². The Labute approximate surface area is 164 Å². The van der Waals surface area contributed by atoms with E-state index in [-0.39, 0.29) is 11.4 Å². The third kappa shape index (κ3) is 3.77. The van der Waals surface area contributed by atoms with Crippen LogP contribution in [0, 0.1) is 0 Å². The zero-order valence-corrected chi connectivity index (χ0v) is 15.9. The van der Waals surface area contributed by atoms with E-state index in [1.54, 1.807) is 42.6 Å². The van der Waals surface area contributed by atoms with Crippen LogP contribution in [0.4, 0.5) is 0 Å². The van der Waals surface area contributed by atoms with E-state index in [0.29, 0.717) is 17.9 Å². The van der Waals surface area contributed by atoms with Crippen molar-refractivity contribution in [2.24, 2.45) is 0 Å². The van der Waals surface area contributed by atoms with Gasteiger partial charge in [0.25, 0.3) is 11.5 Å². The van der Waals surface area contributed by atoms with Crippen LogP contribution in [0.2, 0.25) is 0 Å². The van der Waals surface area contributed by atoms with Crippen molar-refractivity contribution < 1.29 is 18.3 Å². The van der Waals surface area contributed by atoms with Crippen LogP contribution in [0.25, 0.3) is 0 Å². The molecule has 1 aliphatic heterocycles. The molecule has 6 nitrogen and oxygen atoms in total. The van der Waals surface area contributed by atoms with Crippen molar-refractivity contribution in [3.63, 3.8) is 0 Å². The molecule has 0 bridgehead atoms. The third-order valence-electron chi connectivity index (χ3n) is 4.72. The number of aromatic nitrogens is 1. The Kier molecular flexibility index (Phi) is 5.13. The maximum atomic E-state index is 13.2. The lowest BCUT2D eigenvalue weighted by Gasteiger charge is -2.23. The minimum absolute atomic E-state index is 0.0553. The summed E-state index contributed by atoms with van der Waals surface area (Å²) >= 11 is 0. The first-order valence-electron chi connectivity index (χ1n) is 9.02. The maximum Gasteiger partial charge on any atom is 0.260 e. The number of aromatic hydroxyl groups is 2. The fourth-order valence-electron chi connectivity index (χ4n) is 3.37. The molecule has 2 aromatic carbocycles. The van der Waals surface area contributed by atoms with Gasteiger partial charge in [-0.25, -0.2) is 8.42 Å². The van der Waals surface area contributed by atoms with Gasteiger partial charge in [-0.1, -0.05) is 24.3 Å². The highest BCUT2D eigenvalue weighted by Gasteiger charge is 2.41. The Balaban J connectivity index is 1.58. The fourth-order valence-corrected chi connectivity index (χ4v) is 5.02. The van der Waals surface area contributed by atoms with Crippen LogP contribution >= 0.6 is 0 Å². The van der Waals surface area contributed by atoms with Crippen LogP contribution in [0.3, 0.4) is 0 Å². The lowest BCUT2D eigenvalue weighted by Crippen LogP contribution is -2.32. The maximum absolute atomic E-state index is 13.2. The smallest absolute Gasteiger partial charge is 0.260 e. The van der Waals surface area contributed by atoms with E-state index < -0.39 is 22.2 Å². The summed E-state index contributed by atoms with van der Waals surface area (Å²) in [6.45, 7) is 0.0553. The highest BCUT2D eigenvalue weighted by Crippen LogP contribution is 2.36. The number of ether oxygens (including phenoxy) is 1. The first kappa shape index (κ1) is 18.6. The second-order valence-electron chi connectivity index (χ2n) is 6.68. The monoisotopic (exact) mass is 397 g/mol. The van der Waals surface area contributed by atoms with Crippen molar-refractivity contribution in [2.75, 3.05) is 6.54 Å². The van der Waals surface area contributed by atoms with Crippen LogP contribution in [-0.4, -0.2) is 40.2 Å². The molecule has 0 saturated carbocycles. The van der Waals surface area contributed by atoms with Crippen LogP contribution in [0.1, 0.15) is 18.2 Å². The van der Waals surface area contributed by atoms with Crippen LogP contribution in [0.15, 0.2) is 83.9 Å². The molecule has 0 radical (unpaired) electrons. The number of β-amino-alcohol motifs (C(OH)–C–C–N with tert-alkyl or cyclic N) is 1. The first-order valence-corrected chi connectivity index (χ1v) is 10.5. The van der Waals surface area contributed by atoms with Gasteiger partial charge in [-0.15, -0.1) is 0 Å². The molecule has 7 heteroatoms. The van der Waals surface area contributed by atoms with Gasteiger partial charge in [0.15, 0.2) is 0 Å². The van der Waals surface area contributed by atoms with E-state index in [9.17, 15) is 13.5 Å².